The number of nitrogens with one attached hydrogen (secondary N) is 2. The van der Waals surface area contributed by atoms with Crippen LogP contribution in [0.25, 0.3) is 0 Å². The molecule has 0 spiro atoms. The van der Waals surface area contributed by atoms with Crippen molar-refractivity contribution < 1.29 is 23.5 Å². The van der Waals surface area contributed by atoms with Crippen LogP contribution in [-0.2, 0) is 29.0 Å². The predicted molar refractivity (Wildman–Crippen MR) is 150 cm³/mol. The topological polar surface area (TPSA) is 81.7 Å². The van der Waals surface area contributed by atoms with Crippen LogP contribution in [0.1, 0.15) is 50.3 Å². The minimum atomic E-state index is -1.00. The van der Waals surface area contributed by atoms with Gasteiger partial charge in [-0.3, -0.25) is 9.59 Å². The van der Waals surface area contributed by atoms with Gasteiger partial charge in [-0.2, -0.15) is 0 Å². The lowest BCUT2D eigenvalue weighted by molar-refractivity contribution is -0.128. The average molecular weight is 550 g/mol. The maximum atomic E-state index is 13.8. The molecule has 0 aliphatic carbocycles. The first-order valence-corrected chi connectivity index (χ1v) is 14.5. The van der Waals surface area contributed by atoms with E-state index in [4.69, 9.17) is 0 Å². The molecule has 9 heteroatoms. The number of benzene rings is 2. The normalized spacial score (nSPS) is 12.7. The highest BCUT2D eigenvalue weighted by molar-refractivity contribution is 8.00. The van der Waals surface area contributed by atoms with Gasteiger partial charge in [-0.25, -0.2) is 8.78 Å². The van der Waals surface area contributed by atoms with Gasteiger partial charge in [0.25, 0.3) is 0 Å². The molecular formula is C29H41F2N3O3S. The lowest BCUT2D eigenvalue weighted by Crippen LogP contribution is -2.49. The first-order chi connectivity index (χ1) is 18.2. The standard InChI is InChI=1S/C29H41F2N3O3S/c1-4-10-34(11-5-2)29(37)20-38-19-28(36)33-26(15-23-13-24(30)16-25(31)14-23)27(35)18-32-17-22-9-7-8-21(6-3)12-22/h7-9,12-14,16,26-27,32,35H,4-6,10-11,15,17-20H2,1-3H3,(H,33,36)/t26-,27+/m1/s1. The number of thioether (sulfide) groups is 1. The summed E-state index contributed by atoms with van der Waals surface area (Å²) in [5.74, 6) is -1.56. The second-order valence-electron chi connectivity index (χ2n) is 9.40. The fraction of sp³-hybridized carbons (Fsp3) is 0.517. The number of nitrogens with zero attached hydrogens (tertiary/aromatic N) is 1. The van der Waals surface area contributed by atoms with E-state index in [1.54, 1.807) is 4.90 Å². The summed E-state index contributed by atoms with van der Waals surface area (Å²) in [7, 11) is 0. The Kier molecular flexibility index (Phi) is 14.3. The summed E-state index contributed by atoms with van der Waals surface area (Å²) in [4.78, 5) is 27.0. The second-order valence-corrected chi connectivity index (χ2v) is 10.4. The molecule has 210 valence electrons. The van der Waals surface area contributed by atoms with Gasteiger partial charge >= 0.3 is 0 Å². The smallest absolute Gasteiger partial charge is 0.232 e. The Labute approximate surface area is 229 Å². The fourth-order valence-corrected chi connectivity index (χ4v) is 4.93. The number of aryl methyl sites for hydroxylation is 1. The van der Waals surface area contributed by atoms with Crippen molar-refractivity contribution >= 4 is 23.6 Å². The lowest BCUT2D eigenvalue weighted by atomic mass is 10.0. The van der Waals surface area contributed by atoms with E-state index >= 15 is 0 Å². The molecule has 2 amide bonds. The molecule has 0 radical (unpaired) electrons. The first kappa shape index (κ1) is 31.7. The second kappa shape index (κ2) is 17.2. The van der Waals surface area contributed by atoms with Crippen molar-refractivity contribution in [2.75, 3.05) is 31.1 Å². The van der Waals surface area contributed by atoms with Crippen LogP contribution >= 0.6 is 11.8 Å². The zero-order valence-electron chi connectivity index (χ0n) is 22.6. The van der Waals surface area contributed by atoms with Gasteiger partial charge in [0.2, 0.25) is 11.8 Å². The summed E-state index contributed by atoms with van der Waals surface area (Å²) >= 11 is 1.21. The molecule has 0 bridgehead atoms. The summed E-state index contributed by atoms with van der Waals surface area (Å²) in [6.07, 6.45) is 1.72. The van der Waals surface area contributed by atoms with Crippen molar-refractivity contribution in [3.8, 4) is 0 Å². The van der Waals surface area contributed by atoms with Crippen LogP contribution in [0.4, 0.5) is 8.78 Å². The van der Waals surface area contributed by atoms with E-state index in [9.17, 15) is 23.5 Å². The van der Waals surface area contributed by atoms with Gasteiger partial charge in [0.05, 0.1) is 23.7 Å². The molecule has 0 fully saturated rings. The van der Waals surface area contributed by atoms with Crippen molar-refractivity contribution in [3.05, 3.63) is 70.8 Å². The van der Waals surface area contributed by atoms with Crippen molar-refractivity contribution in [3.63, 3.8) is 0 Å². The maximum absolute atomic E-state index is 13.8. The Morgan fingerprint density at radius 3 is 2.24 bits per heavy atom. The van der Waals surface area contributed by atoms with E-state index in [0.29, 0.717) is 25.2 Å². The molecule has 6 nitrogen and oxygen atoms in total. The van der Waals surface area contributed by atoms with E-state index in [1.807, 2.05) is 26.0 Å². The quantitative estimate of drug-likeness (QED) is 0.277. The molecular weight excluding hydrogens is 508 g/mol. The van der Waals surface area contributed by atoms with Crippen LogP contribution in [0.2, 0.25) is 0 Å². The molecule has 0 saturated carbocycles. The van der Waals surface area contributed by atoms with Gasteiger partial charge in [-0.05, 0) is 54.5 Å². The number of amides is 2. The summed E-state index contributed by atoms with van der Waals surface area (Å²) in [5.41, 5.74) is 2.62. The highest BCUT2D eigenvalue weighted by atomic mass is 32.2. The number of carbonyl (C=O) groups excluding carboxylic acids is 2. The summed E-state index contributed by atoms with van der Waals surface area (Å²) in [6.45, 7) is 8.20. The monoisotopic (exact) mass is 549 g/mol. The van der Waals surface area contributed by atoms with Gasteiger partial charge in [0.1, 0.15) is 11.6 Å². The van der Waals surface area contributed by atoms with E-state index in [-0.39, 0.29) is 36.3 Å². The molecule has 0 aliphatic heterocycles. The molecule has 0 unspecified atom stereocenters. The van der Waals surface area contributed by atoms with Crippen LogP contribution in [-0.4, -0.2) is 65.1 Å². The average Bonchev–Trinajstić information content (AvgIpc) is 2.87. The van der Waals surface area contributed by atoms with Gasteiger partial charge < -0.3 is 20.6 Å². The molecule has 0 aromatic heterocycles. The third-order valence-electron chi connectivity index (χ3n) is 6.07. The SMILES string of the molecule is CCCN(CCC)C(=O)CSCC(=O)N[C@H](Cc1cc(F)cc(F)c1)[C@@H](O)CNCc1cccc(CC)c1. The number of carbonyl (C=O) groups is 2. The maximum Gasteiger partial charge on any atom is 0.232 e. The highest BCUT2D eigenvalue weighted by Crippen LogP contribution is 2.13. The predicted octanol–water partition coefficient (Wildman–Crippen LogP) is 4.09. The van der Waals surface area contributed by atoms with Crippen LogP contribution < -0.4 is 10.6 Å². The molecule has 0 heterocycles. The molecule has 2 rings (SSSR count). The van der Waals surface area contributed by atoms with Crippen LogP contribution in [0.3, 0.4) is 0 Å². The van der Waals surface area contributed by atoms with Crippen molar-refractivity contribution in [2.45, 2.75) is 65.1 Å². The zero-order valence-corrected chi connectivity index (χ0v) is 23.5. The van der Waals surface area contributed by atoms with Crippen LogP contribution in [0, 0.1) is 11.6 Å². The van der Waals surface area contributed by atoms with E-state index < -0.39 is 23.8 Å². The van der Waals surface area contributed by atoms with Crippen LogP contribution in [0.15, 0.2) is 42.5 Å². The number of halogens is 2. The lowest BCUT2D eigenvalue weighted by Gasteiger charge is -2.25. The minimum absolute atomic E-state index is 0.00494. The Bertz CT molecular complexity index is 998. The Balaban J connectivity index is 1.97. The number of hydrogen-bond acceptors (Lipinski definition) is 5. The molecule has 3 N–H and O–H groups in total. The molecule has 2 aromatic carbocycles. The first-order valence-electron chi connectivity index (χ1n) is 13.3. The third kappa shape index (κ3) is 11.5. The van der Waals surface area contributed by atoms with Gasteiger partial charge in [0.15, 0.2) is 0 Å². The van der Waals surface area contributed by atoms with Crippen molar-refractivity contribution in [2.24, 2.45) is 0 Å². The van der Waals surface area contributed by atoms with Gasteiger partial charge in [-0.1, -0.05) is 45.0 Å². The van der Waals surface area contributed by atoms with Gasteiger partial charge in [0, 0.05) is 32.2 Å². The summed E-state index contributed by atoms with van der Waals surface area (Å²) in [5, 5.41) is 16.9. The zero-order chi connectivity index (χ0) is 27.9. The molecule has 2 atom stereocenters. The van der Waals surface area contributed by atoms with Gasteiger partial charge in [-0.15, -0.1) is 11.8 Å². The Hall–Kier alpha value is -2.49. The number of hydrogen-bond donors (Lipinski definition) is 3. The molecule has 0 saturated heterocycles. The largest absolute Gasteiger partial charge is 0.390 e. The highest BCUT2D eigenvalue weighted by Gasteiger charge is 2.23. The Morgan fingerprint density at radius 1 is 0.947 bits per heavy atom. The van der Waals surface area contributed by atoms with E-state index in [1.165, 1.54) is 29.5 Å². The Morgan fingerprint density at radius 2 is 1.61 bits per heavy atom. The van der Waals surface area contributed by atoms with Crippen molar-refractivity contribution in [1.29, 1.82) is 0 Å². The summed E-state index contributed by atoms with van der Waals surface area (Å²) < 4.78 is 27.5. The number of aliphatic hydroxyl groups excluding tert-OH is 1. The van der Waals surface area contributed by atoms with E-state index in [0.717, 1.165) is 30.9 Å². The molecule has 2 aromatic rings. The number of aliphatic hydroxyl groups is 1. The van der Waals surface area contributed by atoms with E-state index in [2.05, 4.69) is 29.7 Å². The van der Waals surface area contributed by atoms with Crippen molar-refractivity contribution in [1.82, 2.24) is 15.5 Å². The fourth-order valence-electron chi connectivity index (χ4n) is 4.20. The molecule has 0 aliphatic rings. The number of rotatable bonds is 17. The van der Waals surface area contributed by atoms with Crippen LogP contribution in [0.5, 0.6) is 0 Å². The third-order valence-corrected chi connectivity index (χ3v) is 6.99. The summed E-state index contributed by atoms with van der Waals surface area (Å²) in [6, 6.07) is 10.5. The molecule has 38 heavy (non-hydrogen) atoms. The minimum Gasteiger partial charge on any atom is -0.390 e.